The van der Waals surface area contributed by atoms with Gasteiger partial charge in [0, 0.05) is 29.1 Å². The lowest BCUT2D eigenvalue weighted by Gasteiger charge is -2.23. The van der Waals surface area contributed by atoms with Crippen LogP contribution >= 0.6 is 0 Å². The summed E-state index contributed by atoms with van der Waals surface area (Å²) in [5.41, 5.74) is 0.553. The maximum atomic E-state index is 14.9. The number of cyclic esters (lactones) is 1. The molecule has 0 unspecified atom stereocenters. The first-order chi connectivity index (χ1) is 16.3. The first-order valence-corrected chi connectivity index (χ1v) is 10.5. The van der Waals surface area contributed by atoms with Crippen LogP contribution in [0.25, 0.3) is 11.1 Å². The largest absolute Gasteiger partial charge is 0.447 e. The molecule has 1 amide bonds. The number of amides is 1. The molecule has 1 fully saturated rings. The molecule has 3 atom stereocenters. The Labute approximate surface area is 193 Å². The Morgan fingerprint density at radius 2 is 2.00 bits per heavy atom. The number of ether oxygens (including phenoxy) is 1. The lowest BCUT2D eigenvalue weighted by Crippen LogP contribution is -2.41. The maximum absolute atomic E-state index is 14.9. The van der Waals surface area contributed by atoms with E-state index in [4.69, 9.17) is 4.74 Å². The van der Waals surface area contributed by atoms with Crippen LogP contribution in [-0.4, -0.2) is 44.9 Å². The lowest BCUT2D eigenvalue weighted by molar-refractivity contribution is 0.142. The van der Waals surface area contributed by atoms with Gasteiger partial charge in [0.15, 0.2) is 0 Å². The molecule has 1 saturated heterocycles. The fraction of sp³-hybridized carbons (Fsp3) is 0.304. The minimum Gasteiger partial charge on any atom is -0.447 e. The number of benzene rings is 1. The number of nitrogens with one attached hydrogen (secondary N) is 1. The average molecular weight is 473 g/mol. The molecule has 8 nitrogen and oxygen atoms in total. The van der Waals surface area contributed by atoms with Gasteiger partial charge in [0.2, 0.25) is 5.95 Å². The monoisotopic (exact) mass is 473 g/mol. The summed E-state index contributed by atoms with van der Waals surface area (Å²) in [5, 5.41) is 12.8. The van der Waals surface area contributed by atoms with Gasteiger partial charge in [-0.25, -0.2) is 22.9 Å². The molecule has 178 valence electrons. The average Bonchev–Trinajstić information content (AvgIpc) is 3.22. The first-order valence-electron chi connectivity index (χ1n) is 10.5. The van der Waals surface area contributed by atoms with Crippen LogP contribution in [0, 0.1) is 11.6 Å². The van der Waals surface area contributed by atoms with Crippen LogP contribution in [0.3, 0.4) is 0 Å². The van der Waals surface area contributed by atoms with E-state index in [1.165, 1.54) is 42.4 Å². The highest BCUT2D eigenvalue weighted by molar-refractivity contribution is 5.89. The van der Waals surface area contributed by atoms with E-state index in [-0.39, 0.29) is 35.2 Å². The fourth-order valence-corrected chi connectivity index (χ4v) is 3.66. The van der Waals surface area contributed by atoms with Gasteiger partial charge in [0.1, 0.15) is 36.8 Å². The third-order valence-corrected chi connectivity index (χ3v) is 5.52. The number of pyridine rings is 1. The Morgan fingerprint density at radius 1 is 1.21 bits per heavy atom. The lowest BCUT2D eigenvalue weighted by atomic mass is 10.0. The highest BCUT2D eigenvalue weighted by atomic mass is 19.1. The summed E-state index contributed by atoms with van der Waals surface area (Å²) in [7, 11) is 0. The van der Waals surface area contributed by atoms with Crippen molar-refractivity contribution in [3.63, 3.8) is 0 Å². The maximum Gasteiger partial charge on any atom is 0.416 e. The molecule has 1 aliphatic heterocycles. The zero-order chi connectivity index (χ0) is 24.4. The molecule has 3 heterocycles. The second-order valence-electron chi connectivity index (χ2n) is 7.88. The number of aromatic nitrogens is 3. The molecule has 2 aromatic heterocycles. The van der Waals surface area contributed by atoms with Crippen molar-refractivity contribution in [3.8, 4) is 11.1 Å². The number of carbonyl (C=O) groups excluding carboxylic acids is 1. The summed E-state index contributed by atoms with van der Waals surface area (Å²) < 4.78 is 47.4. The Hall–Kier alpha value is -3.73. The zero-order valence-electron chi connectivity index (χ0n) is 18.4. The van der Waals surface area contributed by atoms with Gasteiger partial charge in [-0.05, 0) is 38.1 Å². The molecule has 3 aromatic rings. The van der Waals surface area contributed by atoms with Crippen LogP contribution in [0.15, 0.2) is 42.7 Å². The molecule has 1 aromatic carbocycles. The molecule has 2 N–H and O–H groups in total. The number of aliphatic hydroxyl groups excluding tert-OH is 1. The van der Waals surface area contributed by atoms with Gasteiger partial charge in [-0.3, -0.25) is 9.88 Å². The van der Waals surface area contributed by atoms with Crippen LogP contribution < -0.4 is 10.2 Å². The smallest absolute Gasteiger partial charge is 0.416 e. The van der Waals surface area contributed by atoms with E-state index in [1.807, 2.05) is 0 Å². The van der Waals surface area contributed by atoms with Gasteiger partial charge in [0.05, 0.1) is 17.8 Å². The summed E-state index contributed by atoms with van der Waals surface area (Å²) in [6.07, 6.45) is 1.19. The van der Waals surface area contributed by atoms with Crippen molar-refractivity contribution in [2.45, 2.75) is 38.7 Å². The minimum atomic E-state index is -0.851. The molecular weight excluding hydrogens is 451 g/mol. The second-order valence-corrected chi connectivity index (χ2v) is 7.88. The number of halogens is 3. The molecule has 11 heteroatoms. The number of carbonyl (C=O) groups is 1. The van der Waals surface area contributed by atoms with Crippen LogP contribution in [0.1, 0.15) is 31.1 Å². The predicted molar refractivity (Wildman–Crippen MR) is 118 cm³/mol. The van der Waals surface area contributed by atoms with Crippen molar-refractivity contribution in [2.24, 2.45) is 0 Å². The van der Waals surface area contributed by atoms with Crippen molar-refractivity contribution in [1.29, 1.82) is 0 Å². The van der Waals surface area contributed by atoms with Gasteiger partial charge in [-0.1, -0.05) is 6.07 Å². The molecule has 0 spiro atoms. The summed E-state index contributed by atoms with van der Waals surface area (Å²) in [4.78, 5) is 25.6. The van der Waals surface area contributed by atoms with E-state index in [0.29, 0.717) is 5.56 Å². The van der Waals surface area contributed by atoms with Gasteiger partial charge in [-0.15, -0.1) is 0 Å². The van der Waals surface area contributed by atoms with Crippen LogP contribution in [0.5, 0.6) is 0 Å². The van der Waals surface area contributed by atoms with Crippen molar-refractivity contribution in [1.82, 2.24) is 15.0 Å². The van der Waals surface area contributed by atoms with E-state index in [1.54, 1.807) is 6.92 Å². The third-order valence-electron chi connectivity index (χ3n) is 5.52. The number of alkyl halides is 1. The Balaban J connectivity index is 1.56. The van der Waals surface area contributed by atoms with Crippen LogP contribution in [-0.2, 0) is 11.4 Å². The molecule has 0 radical (unpaired) electrons. The number of aliphatic hydroxyl groups is 1. The molecular formula is C23H22F3N5O3. The number of anilines is 2. The SMILES string of the molecule is C[C@H](Nc1nccc(N2C(=O)OC[C@@H]2[C@@H](C)O)n1)c1cc(F)c(-c2ccc(CF)nc2)cc1F. The Kier molecular flexibility index (Phi) is 6.64. The van der Waals surface area contributed by atoms with E-state index < -0.39 is 42.6 Å². The molecule has 34 heavy (non-hydrogen) atoms. The molecule has 4 rings (SSSR count). The number of hydrogen-bond acceptors (Lipinski definition) is 7. The Morgan fingerprint density at radius 3 is 2.68 bits per heavy atom. The second kappa shape index (κ2) is 9.64. The minimum absolute atomic E-state index is 0.00122. The van der Waals surface area contributed by atoms with Crippen LogP contribution in [0.2, 0.25) is 0 Å². The fourth-order valence-electron chi connectivity index (χ4n) is 3.66. The van der Waals surface area contributed by atoms with Crippen LogP contribution in [0.4, 0.5) is 29.7 Å². The molecule has 0 saturated carbocycles. The summed E-state index contributed by atoms with van der Waals surface area (Å²) in [5.74, 6) is -1.07. The van der Waals surface area contributed by atoms with Gasteiger partial charge in [-0.2, -0.15) is 4.98 Å². The zero-order valence-corrected chi connectivity index (χ0v) is 18.4. The van der Waals surface area contributed by atoms with E-state index in [2.05, 4.69) is 20.3 Å². The third kappa shape index (κ3) is 4.65. The summed E-state index contributed by atoms with van der Waals surface area (Å²) in [6.45, 7) is 2.41. The number of rotatable bonds is 7. The van der Waals surface area contributed by atoms with E-state index in [9.17, 15) is 23.1 Å². The van der Waals surface area contributed by atoms with Gasteiger partial charge < -0.3 is 15.2 Å². The van der Waals surface area contributed by atoms with E-state index >= 15 is 0 Å². The number of nitrogens with zero attached hydrogens (tertiary/aromatic N) is 4. The van der Waals surface area contributed by atoms with Crippen molar-refractivity contribution in [3.05, 3.63) is 65.6 Å². The van der Waals surface area contributed by atoms with Crippen molar-refractivity contribution >= 4 is 17.9 Å². The highest BCUT2D eigenvalue weighted by Crippen LogP contribution is 2.30. The highest BCUT2D eigenvalue weighted by Gasteiger charge is 2.38. The first kappa shape index (κ1) is 23.4. The molecule has 1 aliphatic rings. The number of hydrogen-bond donors (Lipinski definition) is 2. The topological polar surface area (TPSA) is 100 Å². The van der Waals surface area contributed by atoms with Crippen molar-refractivity contribution < 1.29 is 27.8 Å². The van der Waals surface area contributed by atoms with Crippen molar-refractivity contribution in [2.75, 3.05) is 16.8 Å². The standard InChI is InChI=1S/C23H22F3N5O3/c1-12(16-7-19(26)17(8-18(16)25)14-3-4-15(9-24)28-10-14)29-22-27-6-5-21(30-22)31-20(13(2)32)11-34-23(31)33/h3-8,10,12-13,20,32H,9,11H2,1-2H3,(H,27,29,30)/t12-,13+,20+/m0/s1. The summed E-state index contributed by atoms with van der Waals surface area (Å²) >= 11 is 0. The summed E-state index contributed by atoms with van der Waals surface area (Å²) in [6, 6.07) is 5.15. The molecule has 0 bridgehead atoms. The normalized spacial score (nSPS) is 17.4. The van der Waals surface area contributed by atoms with Gasteiger partial charge >= 0.3 is 6.09 Å². The predicted octanol–water partition coefficient (Wildman–Crippen LogP) is 4.17. The van der Waals surface area contributed by atoms with E-state index in [0.717, 1.165) is 12.1 Å². The Bertz CT molecular complexity index is 1190. The quantitative estimate of drug-likeness (QED) is 0.531. The molecule has 0 aliphatic carbocycles. The van der Waals surface area contributed by atoms with Gasteiger partial charge in [0.25, 0.3) is 0 Å².